The van der Waals surface area contributed by atoms with Crippen LogP contribution < -0.4 is 21.5 Å². The summed E-state index contributed by atoms with van der Waals surface area (Å²) < 4.78 is 0. The molecule has 0 saturated heterocycles. The molecule has 0 saturated carbocycles. The van der Waals surface area contributed by atoms with Crippen molar-refractivity contribution in [3.05, 3.63) is 74.0 Å². The number of aromatic amines is 1. The first-order valence-corrected chi connectivity index (χ1v) is 10.6. The van der Waals surface area contributed by atoms with Crippen LogP contribution in [0.2, 0.25) is 10.0 Å². The number of carbonyl (C=O) groups is 2. The second-order valence-corrected chi connectivity index (χ2v) is 8.18. The smallest absolute Gasteiger partial charge is 0.258 e. The Kier molecular flexibility index (Phi) is 6.16. The van der Waals surface area contributed by atoms with Crippen LogP contribution in [0.15, 0.2) is 47.3 Å². The number of amides is 2. The van der Waals surface area contributed by atoms with Gasteiger partial charge in [-0.1, -0.05) is 42.3 Å². The summed E-state index contributed by atoms with van der Waals surface area (Å²) in [4.78, 5) is 44.9. The maximum Gasteiger partial charge on any atom is 0.258 e. The number of anilines is 4. The van der Waals surface area contributed by atoms with Crippen LogP contribution in [0.4, 0.5) is 23.1 Å². The molecule has 0 aliphatic carbocycles. The molecule has 4 rings (SSSR count). The molecule has 0 unspecified atom stereocenters. The molecular formula is C22H19Cl2N5O3. The number of rotatable bonds is 5. The molecule has 10 heteroatoms. The molecule has 3 aromatic rings. The molecule has 1 aliphatic heterocycles. The molecule has 1 aromatic heterocycles. The molecule has 2 aromatic carbocycles. The first-order valence-electron chi connectivity index (χ1n) is 9.89. The zero-order valence-corrected chi connectivity index (χ0v) is 18.5. The lowest BCUT2D eigenvalue weighted by atomic mass is 9.92. The van der Waals surface area contributed by atoms with Crippen LogP contribution in [0.5, 0.6) is 0 Å². The lowest BCUT2D eigenvalue weighted by Crippen LogP contribution is -2.36. The minimum absolute atomic E-state index is 0.0297. The molecule has 0 radical (unpaired) electrons. The van der Waals surface area contributed by atoms with Crippen LogP contribution in [0.3, 0.4) is 0 Å². The summed E-state index contributed by atoms with van der Waals surface area (Å²) in [6.45, 7) is 2.04. The van der Waals surface area contributed by atoms with Gasteiger partial charge < -0.3 is 16.0 Å². The Morgan fingerprint density at radius 3 is 2.44 bits per heavy atom. The minimum Gasteiger partial charge on any atom is -0.326 e. The monoisotopic (exact) mass is 471 g/mol. The van der Waals surface area contributed by atoms with Crippen molar-refractivity contribution in [3.8, 4) is 0 Å². The molecule has 0 fully saturated rings. The van der Waals surface area contributed by atoms with Gasteiger partial charge in [0.15, 0.2) is 0 Å². The van der Waals surface area contributed by atoms with Gasteiger partial charge >= 0.3 is 0 Å². The van der Waals surface area contributed by atoms with Crippen molar-refractivity contribution < 1.29 is 9.59 Å². The van der Waals surface area contributed by atoms with E-state index in [0.717, 1.165) is 12.0 Å². The first kappa shape index (κ1) is 21.9. The third kappa shape index (κ3) is 4.76. The third-order valence-corrected chi connectivity index (χ3v) is 5.46. The molecule has 2 amide bonds. The molecule has 0 bridgehead atoms. The lowest BCUT2D eigenvalue weighted by molar-refractivity contribution is -0.123. The number of nitrogens with zero attached hydrogens (tertiary/aromatic N) is 1. The minimum atomic E-state index is -0.976. The fraction of sp³-hybridized carbons (Fsp3) is 0.182. The topological polar surface area (TPSA) is 116 Å². The molecule has 164 valence electrons. The molecule has 4 N–H and O–H groups in total. The van der Waals surface area contributed by atoms with Crippen molar-refractivity contribution in [2.24, 2.45) is 0 Å². The van der Waals surface area contributed by atoms with Gasteiger partial charge in [-0.2, -0.15) is 4.98 Å². The Labute approximate surface area is 193 Å². The van der Waals surface area contributed by atoms with Crippen LogP contribution in [0, 0.1) is 0 Å². The highest BCUT2D eigenvalue weighted by Crippen LogP contribution is 2.31. The number of fused-ring (bicyclic) bond motifs is 1. The van der Waals surface area contributed by atoms with E-state index >= 15 is 0 Å². The molecule has 2 heterocycles. The van der Waals surface area contributed by atoms with E-state index in [1.54, 1.807) is 30.3 Å². The zero-order chi connectivity index (χ0) is 22.8. The van der Waals surface area contributed by atoms with E-state index in [1.807, 2.05) is 19.1 Å². The van der Waals surface area contributed by atoms with E-state index in [4.69, 9.17) is 23.2 Å². The summed E-state index contributed by atoms with van der Waals surface area (Å²) in [5.41, 5.74) is 1.78. The van der Waals surface area contributed by atoms with E-state index < -0.39 is 23.3 Å². The van der Waals surface area contributed by atoms with Crippen LogP contribution >= 0.6 is 23.2 Å². The first-order chi connectivity index (χ1) is 15.3. The maximum atomic E-state index is 12.9. The number of aryl methyl sites for hydroxylation is 1. The van der Waals surface area contributed by atoms with E-state index in [1.165, 1.54) is 0 Å². The molecule has 1 atom stereocenters. The highest BCUT2D eigenvalue weighted by atomic mass is 35.5. The average Bonchev–Trinajstić information content (AvgIpc) is 2.72. The van der Waals surface area contributed by atoms with Crippen molar-refractivity contribution in [1.29, 1.82) is 0 Å². The summed E-state index contributed by atoms with van der Waals surface area (Å²) >= 11 is 12.0. The van der Waals surface area contributed by atoms with Gasteiger partial charge in [0.1, 0.15) is 5.82 Å². The highest BCUT2D eigenvalue weighted by molar-refractivity contribution is 6.35. The van der Waals surface area contributed by atoms with E-state index in [2.05, 4.69) is 25.9 Å². The molecule has 1 aliphatic rings. The molecule has 8 nitrogen and oxygen atoms in total. The SMILES string of the molecule is CCc1ccc(NC(=O)[C@@H]2CC(=O)Nc3nc(Nc4cc(Cl)cc(Cl)c4)[nH]c(=O)c32)cc1. The largest absolute Gasteiger partial charge is 0.326 e. The fourth-order valence-electron chi connectivity index (χ4n) is 3.47. The Morgan fingerprint density at radius 2 is 1.78 bits per heavy atom. The molecule has 0 spiro atoms. The Bertz CT molecular complexity index is 1240. The van der Waals surface area contributed by atoms with Gasteiger partial charge in [-0.25, -0.2) is 0 Å². The van der Waals surface area contributed by atoms with Gasteiger partial charge in [-0.15, -0.1) is 0 Å². The second kappa shape index (κ2) is 9.02. The van der Waals surface area contributed by atoms with Crippen molar-refractivity contribution >= 4 is 58.2 Å². The van der Waals surface area contributed by atoms with Crippen LogP contribution in [-0.4, -0.2) is 21.8 Å². The van der Waals surface area contributed by atoms with Crippen molar-refractivity contribution in [2.45, 2.75) is 25.7 Å². The highest BCUT2D eigenvalue weighted by Gasteiger charge is 2.34. The number of hydrogen-bond acceptors (Lipinski definition) is 5. The number of carbonyl (C=O) groups excluding carboxylic acids is 2. The predicted octanol–water partition coefficient (Wildman–Crippen LogP) is 4.45. The van der Waals surface area contributed by atoms with Gasteiger partial charge in [0.05, 0.1) is 11.5 Å². The predicted molar refractivity (Wildman–Crippen MR) is 125 cm³/mol. The van der Waals surface area contributed by atoms with E-state index in [9.17, 15) is 14.4 Å². The normalized spacial score (nSPS) is 15.0. The van der Waals surface area contributed by atoms with Crippen LogP contribution in [-0.2, 0) is 16.0 Å². The summed E-state index contributed by atoms with van der Waals surface area (Å²) in [7, 11) is 0. The van der Waals surface area contributed by atoms with E-state index in [0.29, 0.717) is 21.4 Å². The van der Waals surface area contributed by atoms with Gasteiger partial charge in [0.2, 0.25) is 17.8 Å². The Balaban J connectivity index is 1.62. The molecule has 32 heavy (non-hydrogen) atoms. The van der Waals surface area contributed by atoms with Gasteiger partial charge in [0.25, 0.3) is 5.56 Å². The van der Waals surface area contributed by atoms with Crippen LogP contribution in [0.25, 0.3) is 0 Å². The zero-order valence-electron chi connectivity index (χ0n) is 17.0. The number of H-pyrrole nitrogens is 1. The number of halogens is 2. The summed E-state index contributed by atoms with van der Waals surface area (Å²) in [5.74, 6) is -1.74. The Hall–Kier alpha value is -3.36. The standard InChI is InChI=1S/C22H19Cl2N5O3/c1-2-11-3-5-14(6-4-11)25-20(31)16-10-17(30)27-19-18(16)21(32)29-22(28-19)26-15-8-12(23)7-13(24)9-15/h3-9,16H,2,10H2,1H3,(H,25,31)(H3,26,27,28,29,30,32)/t16-/m1/s1. The fourth-order valence-corrected chi connectivity index (χ4v) is 4.00. The van der Waals surface area contributed by atoms with Gasteiger partial charge in [-0.3, -0.25) is 19.4 Å². The number of aromatic nitrogens is 2. The summed E-state index contributed by atoms with van der Waals surface area (Å²) in [6.07, 6.45) is 0.719. The second-order valence-electron chi connectivity index (χ2n) is 7.30. The Morgan fingerprint density at radius 1 is 1.09 bits per heavy atom. The molecular weight excluding hydrogens is 453 g/mol. The van der Waals surface area contributed by atoms with Gasteiger partial charge in [0, 0.05) is 27.8 Å². The quantitative estimate of drug-likeness (QED) is 0.438. The van der Waals surface area contributed by atoms with Crippen molar-refractivity contribution in [1.82, 2.24) is 9.97 Å². The maximum absolute atomic E-state index is 12.9. The van der Waals surface area contributed by atoms with Crippen molar-refractivity contribution in [2.75, 3.05) is 16.0 Å². The van der Waals surface area contributed by atoms with E-state index in [-0.39, 0.29) is 23.8 Å². The number of nitrogens with one attached hydrogen (secondary N) is 4. The summed E-state index contributed by atoms with van der Waals surface area (Å²) in [5, 5.41) is 9.04. The average molecular weight is 472 g/mol. The van der Waals surface area contributed by atoms with Crippen molar-refractivity contribution in [3.63, 3.8) is 0 Å². The summed E-state index contributed by atoms with van der Waals surface area (Å²) in [6, 6.07) is 12.2. The third-order valence-electron chi connectivity index (χ3n) is 5.02. The van der Waals surface area contributed by atoms with Crippen LogP contribution in [0.1, 0.15) is 30.4 Å². The lowest BCUT2D eigenvalue weighted by Gasteiger charge is -2.23. The number of hydrogen-bond donors (Lipinski definition) is 4. The number of benzene rings is 2. The van der Waals surface area contributed by atoms with Gasteiger partial charge in [-0.05, 0) is 42.3 Å².